The van der Waals surface area contributed by atoms with Crippen LogP contribution in [-0.4, -0.2) is 11.9 Å². The van der Waals surface area contributed by atoms with Crippen molar-refractivity contribution in [2.75, 3.05) is 0 Å². The van der Waals surface area contributed by atoms with Gasteiger partial charge in [-0.15, -0.1) is 0 Å². The Labute approximate surface area is 226 Å². The molecule has 0 unspecified atom stereocenters. The topological polar surface area (TPSA) is 52.6 Å². The summed E-state index contributed by atoms with van der Waals surface area (Å²) in [5.74, 6) is 2.83. The van der Waals surface area contributed by atoms with Crippen molar-refractivity contribution in [1.82, 2.24) is 0 Å². The first-order valence-electron chi connectivity index (χ1n) is 14.2. The number of carbonyl (C=O) groups excluding carboxylic acids is 2. The quantitative estimate of drug-likeness (QED) is 0.246. The number of ether oxygens (including phenoxy) is 2. The Kier molecular flexibility index (Phi) is 8.26. The van der Waals surface area contributed by atoms with Crippen LogP contribution in [0.15, 0.2) is 72.8 Å². The summed E-state index contributed by atoms with van der Waals surface area (Å²) in [6, 6.07) is 22.2. The highest BCUT2D eigenvalue weighted by atomic mass is 16.5. The van der Waals surface area contributed by atoms with Crippen molar-refractivity contribution >= 4 is 11.9 Å². The molecule has 2 aliphatic rings. The minimum absolute atomic E-state index is 0.397. The van der Waals surface area contributed by atoms with Crippen molar-refractivity contribution in [1.29, 1.82) is 0 Å². The molecular formula is C34H38O4. The summed E-state index contributed by atoms with van der Waals surface area (Å²) in [5.41, 5.74) is 3.66. The largest absolute Gasteiger partial charge is 0.423 e. The van der Waals surface area contributed by atoms with E-state index in [9.17, 15) is 9.59 Å². The molecule has 2 aliphatic carbocycles. The Hall–Kier alpha value is -3.40. The molecule has 0 atom stereocenters. The number of hydrogen-bond acceptors (Lipinski definition) is 4. The molecule has 0 N–H and O–H groups in total. The van der Waals surface area contributed by atoms with Gasteiger partial charge < -0.3 is 9.47 Å². The van der Waals surface area contributed by atoms with Crippen LogP contribution < -0.4 is 9.47 Å². The van der Waals surface area contributed by atoms with Crippen molar-refractivity contribution in [3.05, 3.63) is 95.1 Å². The van der Waals surface area contributed by atoms with Crippen molar-refractivity contribution in [2.24, 2.45) is 11.8 Å². The van der Waals surface area contributed by atoms with Gasteiger partial charge in [0.15, 0.2) is 0 Å². The zero-order valence-corrected chi connectivity index (χ0v) is 22.5. The molecule has 5 rings (SSSR count). The third-order valence-electron chi connectivity index (χ3n) is 8.51. The van der Waals surface area contributed by atoms with Crippen molar-refractivity contribution in [3.8, 4) is 11.5 Å². The standard InChI is InChI=1S/C34H38O4/c1-23-3-7-25(8-4-23)27-11-15-29(16-12-27)33(35)37-31-19-21-32(22-20-31)38-34(36)30-17-13-28(14-18-30)26-9-5-24(2)6-10-26/h11-26H,3-10H2,1-2H3. The minimum atomic E-state index is -0.397. The summed E-state index contributed by atoms with van der Waals surface area (Å²) in [5, 5.41) is 0. The number of benzene rings is 3. The van der Waals surface area contributed by atoms with E-state index in [1.54, 1.807) is 24.3 Å². The molecule has 0 aromatic heterocycles. The zero-order valence-electron chi connectivity index (χ0n) is 22.5. The van der Waals surface area contributed by atoms with Crippen LogP contribution in [0.3, 0.4) is 0 Å². The highest BCUT2D eigenvalue weighted by Gasteiger charge is 2.21. The SMILES string of the molecule is CC1CCC(c2ccc(C(=O)Oc3ccc(OC(=O)c4ccc(C5CCC(C)CC5)cc4)cc3)cc2)CC1. The van der Waals surface area contributed by atoms with Crippen LogP contribution in [0.25, 0.3) is 0 Å². The van der Waals surface area contributed by atoms with E-state index in [1.165, 1.54) is 62.5 Å². The average Bonchev–Trinajstić information content (AvgIpc) is 2.95. The third kappa shape index (κ3) is 6.53. The van der Waals surface area contributed by atoms with Gasteiger partial charge in [0, 0.05) is 0 Å². The molecule has 0 heterocycles. The summed E-state index contributed by atoms with van der Waals surface area (Å²) < 4.78 is 11.1. The second kappa shape index (κ2) is 12.0. The zero-order chi connectivity index (χ0) is 26.5. The van der Waals surface area contributed by atoms with Gasteiger partial charge in [-0.25, -0.2) is 9.59 Å². The first-order chi connectivity index (χ1) is 18.4. The number of rotatable bonds is 6. The molecule has 0 saturated heterocycles. The lowest BCUT2D eigenvalue weighted by Gasteiger charge is -2.26. The second-order valence-electron chi connectivity index (χ2n) is 11.4. The lowest BCUT2D eigenvalue weighted by atomic mass is 9.79. The summed E-state index contributed by atoms with van der Waals surface area (Å²) >= 11 is 0. The van der Waals surface area contributed by atoms with Crippen molar-refractivity contribution < 1.29 is 19.1 Å². The van der Waals surface area contributed by atoms with Gasteiger partial charge in [0.05, 0.1) is 11.1 Å². The Morgan fingerprint density at radius 2 is 0.816 bits per heavy atom. The van der Waals surface area contributed by atoms with Gasteiger partial charge in [0.2, 0.25) is 0 Å². The Bertz CT molecular complexity index is 1110. The first kappa shape index (κ1) is 26.2. The van der Waals surface area contributed by atoms with Crippen LogP contribution in [0, 0.1) is 11.8 Å². The van der Waals surface area contributed by atoms with Gasteiger partial charge >= 0.3 is 11.9 Å². The van der Waals surface area contributed by atoms with E-state index < -0.39 is 11.9 Å². The van der Waals surface area contributed by atoms with E-state index >= 15 is 0 Å². The van der Waals surface area contributed by atoms with E-state index in [0.29, 0.717) is 34.5 Å². The summed E-state index contributed by atoms with van der Waals surface area (Å²) in [6.07, 6.45) is 9.94. The monoisotopic (exact) mass is 510 g/mol. The fraction of sp³-hybridized carbons (Fsp3) is 0.412. The fourth-order valence-electron chi connectivity index (χ4n) is 5.88. The van der Waals surface area contributed by atoms with Crippen LogP contribution in [0.1, 0.15) is 109 Å². The molecule has 2 fully saturated rings. The molecule has 4 nitrogen and oxygen atoms in total. The average molecular weight is 511 g/mol. The van der Waals surface area contributed by atoms with Gasteiger partial charge in [0.25, 0.3) is 0 Å². The highest BCUT2D eigenvalue weighted by Crippen LogP contribution is 2.36. The third-order valence-corrected chi connectivity index (χ3v) is 8.51. The van der Waals surface area contributed by atoms with Gasteiger partial charge in [-0.2, -0.15) is 0 Å². The van der Waals surface area contributed by atoms with Gasteiger partial charge in [-0.3, -0.25) is 0 Å². The Balaban J connectivity index is 1.13. The highest BCUT2D eigenvalue weighted by molar-refractivity contribution is 5.92. The van der Waals surface area contributed by atoms with Crippen LogP contribution in [0.5, 0.6) is 11.5 Å². The molecule has 0 radical (unpaired) electrons. The van der Waals surface area contributed by atoms with Crippen LogP contribution >= 0.6 is 0 Å². The summed E-state index contributed by atoms with van der Waals surface area (Å²) in [6.45, 7) is 4.64. The second-order valence-corrected chi connectivity index (χ2v) is 11.4. The minimum Gasteiger partial charge on any atom is -0.423 e. The van der Waals surface area contributed by atoms with Crippen molar-refractivity contribution in [3.63, 3.8) is 0 Å². The van der Waals surface area contributed by atoms with Gasteiger partial charge in [-0.1, -0.05) is 63.8 Å². The van der Waals surface area contributed by atoms with E-state index in [2.05, 4.69) is 38.1 Å². The number of hydrogen-bond donors (Lipinski definition) is 0. The maximum atomic E-state index is 12.6. The van der Waals surface area contributed by atoms with E-state index in [0.717, 1.165) is 11.8 Å². The maximum Gasteiger partial charge on any atom is 0.343 e. The van der Waals surface area contributed by atoms with E-state index in [-0.39, 0.29) is 0 Å². The molecule has 3 aromatic carbocycles. The van der Waals surface area contributed by atoms with E-state index in [4.69, 9.17) is 9.47 Å². The predicted octanol–water partition coefficient (Wildman–Crippen LogP) is 8.71. The van der Waals surface area contributed by atoms with Gasteiger partial charge in [-0.05, 0) is 109 Å². The molecule has 198 valence electrons. The maximum absolute atomic E-state index is 12.6. The summed E-state index contributed by atoms with van der Waals surface area (Å²) in [7, 11) is 0. The molecular weight excluding hydrogens is 472 g/mol. The molecule has 3 aromatic rings. The molecule has 38 heavy (non-hydrogen) atoms. The molecule has 0 aliphatic heterocycles. The van der Waals surface area contributed by atoms with Crippen LogP contribution in [-0.2, 0) is 0 Å². The lowest BCUT2D eigenvalue weighted by molar-refractivity contribution is 0.0719. The number of esters is 2. The Morgan fingerprint density at radius 1 is 0.500 bits per heavy atom. The predicted molar refractivity (Wildman–Crippen MR) is 150 cm³/mol. The molecule has 4 heteroatoms. The normalized spacial score (nSPS) is 23.4. The van der Waals surface area contributed by atoms with Gasteiger partial charge in [0.1, 0.15) is 11.5 Å². The van der Waals surface area contributed by atoms with Crippen molar-refractivity contribution in [2.45, 2.75) is 77.0 Å². The lowest BCUT2D eigenvalue weighted by Crippen LogP contribution is -2.12. The van der Waals surface area contributed by atoms with Crippen LogP contribution in [0.4, 0.5) is 0 Å². The van der Waals surface area contributed by atoms with Crippen LogP contribution in [0.2, 0.25) is 0 Å². The smallest absolute Gasteiger partial charge is 0.343 e. The first-order valence-corrected chi connectivity index (χ1v) is 14.2. The fourth-order valence-corrected chi connectivity index (χ4v) is 5.88. The molecule has 2 saturated carbocycles. The molecule has 0 amide bonds. The molecule has 0 spiro atoms. The molecule has 0 bridgehead atoms. The van der Waals surface area contributed by atoms with E-state index in [1.807, 2.05) is 24.3 Å². The number of carbonyl (C=O) groups is 2. The summed E-state index contributed by atoms with van der Waals surface area (Å²) in [4.78, 5) is 25.3. The Morgan fingerprint density at radius 3 is 1.13 bits per heavy atom.